The Kier molecular flexibility index (Phi) is 6.03. The van der Waals surface area contributed by atoms with Gasteiger partial charge in [0, 0.05) is 10.2 Å². The van der Waals surface area contributed by atoms with Crippen LogP contribution in [0.5, 0.6) is 5.75 Å². The van der Waals surface area contributed by atoms with E-state index < -0.39 is 15.6 Å². The van der Waals surface area contributed by atoms with Crippen LogP contribution in [0, 0.1) is 0 Å². The average molecular weight is 381 g/mol. The van der Waals surface area contributed by atoms with Crippen molar-refractivity contribution in [2.75, 3.05) is 19.5 Å². The molecule has 120 valence electrons. The van der Waals surface area contributed by atoms with E-state index in [-0.39, 0.29) is 17.3 Å². The highest BCUT2D eigenvalue weighted by Gasteiger charge is 2.33. The lowest BCUT2D eigenvalue weighted by atomic mass is 9.96. The van der Waals surface area contributed by atoms with E-state index in [2.05, 4.69) is 20.7 Å². The van der Waals surface area contributed by atoms with Gasteiger partial charge in [0.25, 0.3) is 0 Å². The third kappa shape index (κ3) is 3.88. The maximum atomic E-state index is 12.6. The summed E-state index contributed by atoms with van der Waals surface area (Å²) in [5.41, 5.74) is 5.15. The lowest BCUT2D eigenvalue weighted by molar-refractivity contribution is 0.172. The number of hydrogen-bond donors (Lipinski definition) is 3. The molecule has 1 rings (SSSR count). The summed E-state index contributed by atoms with van der Waals surface area (Å²) in [6.07, 6.45) is 0.932. The molecule has 21 heavy (non-hydrogen) atoms. The molecule has 0 radical (unpaired) electrons. The molecule has 0 saturated carbocycles. The molecular formula is C13H21BrN2O4S. The first-order valence-electron chi connectivity index (χ1n) is 6.53. The molecule has 1 aromatic carbocycles. The predicted molar refractivity (Wildman–Crippen MR) is 85.8 cm³/mol. The number of rotatable bonds is 7. The summed E-state index contributed by atoms with van der Waals surface area (Å²) in [5, 5.41) is 9.52. The molecule has 0 heterocycles. The number of nitrogens with two attached hydrogens (primary N) is 1. The second-order valence-electron chi connectivity index (χ2n) is 4.78. The van der Waals surface area contributed by atoms with E-state index >= 15 is 0 Å². The summed E-state index contributed by atoms with van der Waals surface area (Å²) in [6, 6.07) is 2.83. The smallest absolute Gasteiger partial charge is 0.244 e. The molecule has 0 unspecified atom stereocenters. The van der Waals surface area contributed by atoms with Gasteiger partial charge in [0.1, 0.15) is 10.6 Å². The van der Waals surface area contributed by atoms with E-state index in [0.29, 0.717) is 23.0 Å². The number of methoxy groups -OCH3 is 1. The normalized spacial score (nSPS) is 12.4. The van der Waals surface area contributed by atoms with E-state index in [9.17, 15) is 13.5 Å². The van der Waals surface area contributed by atoms with Gasteiger partial charge in [0.05, 0.1) is 19.3 Å². The van der Waals surface area contributed by atoms with Crippen molar-refractivity contribution < 1.29 is 18.3 Å². The Bertz CT molecular complexity index is 592. The van der Waals surface area contributed by atoms with Gasteiger partial charge in [-0.1, -0.05) is 13.8 Å². The van der Waals surface area contributed by atoms with Crippen LogP contribution < -0.4 is 15.2 Å². The Morgan fingerprint density at radius 3 is 2.38 bits per heavy atom. The molecule has 0 aliphatic rings. The molecule has 6 nitrogen and oxygen atoms in total. The summed E-state index contributed by atoms with van der Waals surface area (Å²) in [7, 11) is -2.49. The van der Waals surface area contributed by atoms with Crippen LogP contribution in [0.15, 0.2) is 21.5 Å². The van der Waals surface area contributed by atoms with Gasteiger partial charge in [-0.15, -0.1) is 0 Å². The van der Waals surface area contributed by atoms with Gasteiger partial charge in [0.15, 0.2) is 0 Å². The highest BCUT2D eigenvalue weighted by molar-refractivity contribution is 9.10. The molecule has 0 spiro atoms. The highest BCUT2D eigenvalue weighted by Crippen LogP contribution is 2.33. The van der Waals surface area contributed by atoms with Crippen LogP contribution >= 0.6 is 15.9 Å². The van der Waals surface area contributed by atoms with Gasteiger partial charge in [-0.2, -0.15) is 0 Å². The van der Waals surface area contributed by atoms with Gasteiger partial charge >= 0.3 is 0 Å². The summed E-state index contributed by atoms with van der Waals surface area (Å²) < 4.78 is 33.4. The maximum Gasteiger partial charge on any atom is 0.244 e. The number of ether oxygens (including phenoxy) is 1. The number of nitrogens with one attached hydrogen (secondary N) is 1. The molecule has 0 aromatic heterocycles. The first-order chi connectivity index (χ1) is 9.75. The molecule has 0 aliphatic heterocycles. The Balaban J connectivity index is 3.34. The van der Waals surface area contributed by atoms with Crippen molar-refractivity contribution in [3.05, 3.63) is 16.6 Å². The largest absolute Gasteiger partial charge is 0.495 e. The fourth-order valence-corrected chi connectivity index (χ4v) is 3.96. The zero-order chi connectivity index (χ0) is 16.3. The van der Waals surface area contributed by atoms with Gasteiger partial charge in [-0.05, 0) is 40.9 Å². The van der Waals surface area contributed by atoms with Gasteiger partial charge in [-0.3, -0.25) is 0 Å². The van der Waals surface area contributed by atoms with Crippen molar-refractivity contribution in [1.82, 2.24) is 4.72 Å². The minimum atomic E-state index is -3.87. The zero-order valence-corrected chi connectivity index (χ0v) is 14.7. The van der Waals surface area contributed by atoms with Crippen LogP contribution in [-0.4, -0.2) is 32.8 Å². The van der Waals surface area contributed by atoms with Gasteiger partial charge < -0.3 is 15.6 Å². The Morgan fingerprint density at radius 1 is 1.38 bits per heavy atom. The molecule has 0 atom stereocenters. The first kappa shape index (κ1) is 18.2. The number of halogens is 1. The first-order valence-corrected chi connectivity index (χ1v) is 8.80. The van der Waals surface area contributed by atoms with Crippen LogP contribution in [-0.2, 0) is 10.0 Å². The molecule has 8 heteroatoms. The molecule has 0 aliphatic carbocycles. The summed E-state index contributed by atoms with van der Waals surface area (Å²) in [6.45, 7) is 3.35. The molecular weight excluding hydrogens is 360 g/mol. The van der Waals surface area contributed by atoms with Gasteiger partial charge in [-0.25, -0.2) is 13.1 Å². The Labute approximate surface area is 133 Å². The Morgan fingerprint density at radius 2 is 1.95 bits per heavy atom. The standard InChI is InChI=1S/C13H21BrN2O4S/c1-4-13(5-2,8-17)16-21(18,19)12-7-10(15)9(14)6-11(12)20-3/h6-7,16-17H,4-5,8,15H2,1-3H3. The third-order valence-electron chi connectivity index (χ3n) is 3.58. The fraction of sp³-hybridized carbons (Fsp3) is 0.538. The molecule has 0 saturated heterocycles. The highest BCUT2D eigenvalue weighted by atomic mass is 79.9. The topological polar surface area (TPSA) is 102 Å². The number of aliphatic hydroxyl groups excluding tert-OH is 1. The lowest BCUT2D eigenvalue weighted by Crippen LogP contribution is -2.50. The number of benzene rings is 1. The predicted octanol–water partition coefficient (Wildman–Crippen LogP) is 1.87. The number of aliphatic hydroxyl groups is 1. The molecule has 0 bridgehead atoms. The number of sulfonamides is 1. The number of anilines is 1. The minimum Gasteiger partial charge on any atom is -0.495 e. The van der Waals surface area contributed by atoms with E-state index in [4.69, 9.17) is 10.5 Å². The van der Waals surface area contributed by atoms with Crippen LogP contribution in [0.25, 0.3) is 0 Å². The Hall–Kier alpha value is -0.830. The summed E-state index contributed by atoms with van der Waals surface area (Å²) >= 11 is 3.23. The van der Waals surface area contributed by atoms with Crippen molar-refractivity contribution in [1.29, 1.82) is 0 Å². The molecule has 4 N–H and O–H groups in total. The minimum absolute atomic E-state index is 0.0505. The van der Waals surface area contributed by atoms with Crippen LogP contribution in [0.4, 0.5) is 5.69 Å². The number of hydrogen-bond acceptors (Lipinski definition) is 5. The van der Waals surface area contributed by atoms with Crippen LogP contribution in [0.1, 0.15) is 26.7 Å². The van der Waals surface area contributed by atoms with Crippen molar-refractivity contribution in [2.24, 2.45) is 0 Å². The van der Waals surface area contributed by atoms with Crippen molar-refractivity contribution in [3.63, 3.8) is 0 Å². The van der Waals surface area contributed by atoms with Crippen molar-refractivity contribution in [3.8, 4) is 5.75 Å². The summed E-state index contributed by atoms with van der Waals surface area (Å²) in [4.78, 5) is -0.0505. The molecule has 0 amide bonds. The van der Waals surface area contributed by atoms with E-state index in [0.717, 1.165) is 0 Å². The van der Waals surface area contributed by atoms with E-state index in [1.165, 1.54) is 19.2 Å². The second kappa shape index (κ2) is 6.95. The van der Waals surface area contributed by atoms with Crippen LogP contribution in [0.3, 0.4) is 0 Å². The van der Waals surface area contributed by atoms with Crippen molar-refractivity contribution >= 4 is 31.6 Å². The zero-order valence-electron chi connectivity index (χ0n) is 12.3. The summed E-state index contributed by atoms with van der Waals surface area (Å²) in [5.74, 6) is 0.183. The molecule has 0 fully saturated rings. The SMILES string of the molecule is CCC(CC)(CO)NS(=O)(=O)c1cc(N)c(Br)cc1OC. The lowest BCUT2D eigenvalue weighted by Gasteiger charge is -2.30. The van der Waals surface area contributed by atoms with E-state index in [1.807, 2.05) is 13.8 Å². The fourth-order valence-electron chi connectivity index (χ4n) is 1.91. The average Bonchev–Trinajstić information content (AvgIpc) is 2.47. The quantitative estimate of drug-likeness (QED) is 0.626. The third-order valence-corrected chi connectivity index (χ3v) is 5.87. The number of nitrogen functional groups attached to an aromatic ring is 1. The molecule has 1 aromatic rings. The van der Waals surface area contributed by atoms with E-state index in [1.54, 1.807) is 0 Å². The van der Waals surface area contributed by atoms with Gasteiger partial charge in [0.2, 0.25) is 10.0 Å². The van der Waals surface area contributed by atoms with Crippen molar-refractivity contribution in [2.45, 2.75) is 37.1 Å². The second-order valence-corrected chi connectivity index (χ2v) is 7.28. The maximum absolute atomic E-state index is 12.6. The monoisotopic (exact) mass is 380 g/mol. The van der Waals surface area contributed by atoms with Crippen LogP contribution in [0.2, 0.25) is 0 Å².